The van der Waals surface area contributed by atoms with Gasteiger partial charge in [0.1, 0.15) is 6.33 Å². The van der Waals surface area contributed by atoms with E-state index in [1.165, 1.54) is 5.56 Å². The number of H-pyrrole nitrogens is 1. The van der Waals surface area contributed by atoms with Crippen molar-refractivity contribution in [3.8, 4) is 22.5 Å². The molecule has 1 unspecified atom stereocenters. The van der Waals surface area contributed by atoms with Crippen molar-refractivity contribution in [3.63, 3.8) is 0 Å². The van der Waals surface area contributed by atoms with Crippen molar-refractivity contribution < 1.29 is 4.79 Å². The third kappa shape index (κ3) is 4.09. The molecule has 8 nitrogen and oxygen atoms in total. The summed E-state index contributed by atoms with van der Waals surface area (Å²) in [6, 6.07) is 10.6. The van der Waals surface area contributed by atoms with E-state index >= 15 is 0 Å². The van der Waals surface area contributed by atoms with E-state index in [-0.39, 0.29) is 23.9 Å². The van der Waals surface area contributed by atoms with Gasteiger partial charge in [-0.15, -0.1) is 0 Å². The Hall–Kier alpha value is -3.52. The van der Waals surface area contributed by atoms with Crippen LogP contribution >= 0.6 is 0 Å². The third-order valence-electron chi connectivity index (χ3n) is 7.65. The number of nitrogens with zero attached hydrogens (tertiary/aromatic N) is 6. The van der Waals surface area contributed by atoms with Crippen LogP contribution in [0.5, 0.6) is 0 Å². The van der Waals surface area contributed by atoms with Crippen molar-refractivity contribution in [2.75, 3.05) is 20.1 Å². The largest absolute Gasteiger partial charge is 0.338 e. The molecule has 0 saturated carbocycles. The average Bonchev–Trinajstić information content (AvgIpc) is 3.50. The van der Waals surface area contributed by atoms with Crippen molar-refractivity contribution >= 4 is 11.6 Å². The minimum atomic E-state index is 0.00236. The molecule has 1 N–H and O–H groups in total. The Labute approximate surface area is 212 Å². The van der Waals surface area contributed by atoms with Crippen LogP contribution in [-0.4, -0.2) is 66.7 Å². The molecule has 8 heteroatoms. The molecule has 36 heavy (non-hydrogen) atoms. The summed E-state index contributed by atoms with van der Waals surface area (Å²) in [4.78, 5) is 21.5. The maximum Gasteiger partial charge on any atom is 0.240 e. The summed E-state index contributed by atoms with van der Waals surface area (Å²) in [6.07, 6.45) is 4.52. The number of nitrogens with one attached hydrogen (secondary N) is 1. The maximum absolute atomic E-state index is 13.0. The van der Waals surface area contributed by atoms with Crippen LogP contribution < -0.4 is 0 Å². The normalized spacial score (nSPS) is 16.9. The molecule has 0 spiro atoms. The summed E-state index contributed by atoms with van der Waals surface area (Å²) < 4.78 is 1.81. The van der Waals surface area contributed by atoms with Gasteiger partial charge in [-0.2, -0.15) is 10.2 Å². The lowest BCUT2D eigenvalue weighted by Crippen LogP contribution is -2.56. The van der Waals surface area contributed by atoms with Crippen LogP contribution in [0.25, 0.3) is 28.2 Å². The highest BCUT2D eigenvalue weighted by atomic mass is 16.2. The number of benzene rings is 1. The van der Waals surface area contributed by atoms with Gasteiger partial charge in [0.25, 0.3) is 0 Å². The van der Waals surface area contributed by atoms with Gasteiger partial charge in [-0.1, -0.05) is 45.0 Å². The van der Waals surface area contributed by atoms with Gasteiger partial charge in [-0.3, -0.25) is 14.8 Å². The number of carbonyl (C=O) groups excluding carboxylic acids is 1. The number of likely N-dealkylation sites (N-methyl/N-ethyl adjacent to an activating group) is 2. The number of pyridine rings is 1. The van der Waals surface area contributed by atoms with E-state index in [9.17, 15) is 4.79 Å². The number of fused-ring (bicyclic) bond motifs is 1. The molecule has 3 aromatic heterocycles. The summed E-state index contributed by atoms with van der Waals surface area (Å²) in [7, 11) is 1.91. The fraction of sp³-hybridized carbons (Fsp3) is 0.429. The monoisotopic (exact) mass is 485 g/mol. The summed E-state index contributed by atoms with van der Waals surface area (Å²) in [5, 5.41) is 12.4. The van der Waals surface area contributed by atoms with E-state index < -0.39 is 0 Å². The molecule has 1 saturated heterocycles. The highest BCUT2D eigenvalue weighted by Crippen LogP contribution is 2.36. The summed E-state index contributed by atoms with van der Waals surface area (Å²) in [5.41, 5.74) is 8.26. The van der Waals surface area contributed by atoms with E-state index in [0.29, 0.717) is 0 Å². The van der Waals surface area contributed by atoms with Crippen LogP contribution in [0.15, 0.2) is 42.9 Å². The smallest absolute Gasteiger partial charge is 0.240 e. The van der Waals surface area contributed by atoms with Crippen molar-refractivity contribution in [1.82, 2.24) is 34.6 Å². The molecular formula is C28H35N7O. The quantitative estimate of drug-likeness (QED) is 0.405. The lowest BCUT2D eigenvalue weighted by atomic mass is 9.93. The molecular weight excluding hydrogens is 450 g/mol. The molecule has 0 radical (unpaired) electrons. The molecule has 1 aliphatic heterocycles. The van der Waals surface area contributed by atoms with Crippen molar-refractivity contribution in [3.05, 3.63) is 59.5 Å². The van der Waals surface area contributed by atoms with Crippen LogP contribution in [0, 0.1) is 6.92 Å². The molecule has 0 aliphatic carbocycles. The summed E-state index contributed by atoms with van der Waals surface area (Å²) in [6.45, 7) is 12.6. The van der Waals surface area contributed by atoms with Crippen LogP contribution in [-0.2, 0) is 4.79 Å². The van der Waals surface area contributed by atoms with Crippen molar-refractivity contribution in [2.24, 2.45) is 0 Å². The van der Waals surface area contributed by atoms with Gasteiger partial charge in [0.15, 0.2) is 5.65 Å². The molecule has 5 rings (SSSR count). The third-order valence-corrected chi connectivity index (χ3v) is 7.65. The standard InChI is InChI=1S/C28H35N7O/c1-7-34-13-12-23(34)28(36)33(6)19(5)20-8-10-21(11-9-20)25-24(17(2)3)26(32-31-25)22-14-18(4)27-29-16-30-35(27)15-22/h8-11,14-17,19,23H,7,12-13H2,1-6H3,(H,31,32)/t19-,23?/m0/s1. The highest BCUT2D eigenvalue weighted by molar-refractivity contribution is 5.83. The number of carbonyl (C=O) groups is 1. The Kier molecular flexibility index (Phi) is 6.38. The molecule has 1 aliphatic rings. The van der Waals surface area contributed by atoms with Gasteiger partial charge >= 0.3 is 0 Å². The van der Waals surface area contributed by atoms with E-state index in [4.69, 9.17) is 5.10 Å². The Morgan fingerprint density at radius 2 is 1.94 bits per heavy atom. The lowest BCUT2D eigenvalue weighted by Gasteiger charge is -2.42. The van der Waals surface area contributed by atoms with Gasteiger partial charge in [-0.05, 0) is 49.9 Å². The van der Waals surface area contributed by atoms with Gasteiger partial charge in [0.05, 0.1) is 23.5 Å². The first-order valence-electron chi connectivity index (χ1n) is 12.8. The van der Waals surface area contributed by atoms with Crippen molar-refractivity contribution in [1.29, 1.82) is 0 Å². The zero-order chi connectivity index (χ0) is 25.6. The number of amides is 1. The highest BCUT2D eigenvalue weighted by Gasteiger charge is 2.36. The second kappa shape index (κ2) is 9.50. The molecule has 0 bridgehead atoms. The Balaban J connectivity index is 1.42. The minimum absolute atomic E-state index is 0.00236. The number of hydrogen-bond donors (Lipinski definition) is 1. The number of hydrogen-bond acceptors (Lipinski definition) is 5. The number of aromatic nitrogens is 5. The van der Waals surface area contributed by atoms with Crippen LogP contribution in [0.1, 0.15) is 62.8 Å². The van der Waals surface area contributed by atoms with E-state index in [2.05, 4.69) is 78.1 Å². The first-order chi connectivity index (χ1) is 17.3. The van der Waals surface area contributed by atoms with Crippen LogP contribution in [0.4, 0.5) is 0 Å². The van der Waals surface area contributed by atoms with E-state index in [0.717, 1.165) is 58.8 Å². The lowest BCUT2D eigenvalue weighted by molar-refractivity contribution is -0.142. The molecule has 4 heterocycles. The topological polar surface area (TPSA) is 82.4 Å². The summed E-state index contributed by atoms with van der Waals surface area (Å²) in [5.74, 6) is 0.477. The number of aromatic amines is 1. The van der Waals surface area contributed by atoms with E-state index in [1.54, 1.807) is 6.33 Å². The molecule has 4 aromatic rings. The van der Waals surface area contributed by atoms with Gasteiger partial charge in [0, 0.05) is 36.5 Å². The van der Waals surface area contributed by atoms with E-state index in [1.807, 2.05) is 29.6 Å². The van der Waals surface area contributed by atoms with Gasteiger partial charge in [-0.25, -0.2) is 9.50 Å². The second-order valence-electron chi connectivity index (χ2n) is 10.1. The summed E-state index contributed by atoms with van der Waals surface area (Å²) >= 11 is 0. The predicted molar refractivity (Wildman–Crippen MR) is 142 cm³/mol. The van der Waals surface area contributed by atoms with Gasteiger partial charge < -0.3 is 4.90 Å². The molecule has 188 valence electrons. The SMILES string of the molecule is CCN1CCC1C(=O)N(C)[C@@H](C)c1ccc(-c2n[nH]c(-c3cc(C)c4ncnn4c3)c2C(C)C)cc1. The second-order valence-corrected chi connectivity index (χ2v) is 10.1. The first-order valence-corrected chi connectivity index (χ1v) is 12.8. The zero-order valence-electron chi connectivity index (χ0n) is 22.0. The number of likely N-dealkylation sites (tertiary alicyclic amines) is 1. The fourth-order valence-corrected chi connectivity index (χ4v) is 5.25. The van der Waals surface area contributed by atoms with Crippen LogP contribution in [0.3, 0.4) is 0 Å². The predicted octanol–water partition coefficient (Wildman–Crippen LogP) is 4.83. The van der Waals surface area contributed by atoms with Gasteiger partial charge in [0.2, 0.25) is 5.91 Å². The van der Waals surface area contributed by atoms with Crippen molar-refractivity contribution in [2.45, 2.75) is 59.0 Å². The maximum atomic E-state index is 13.0. The Morgan fingerprint density at radius 1 is 1.19 bits per heavy atom. The minimum Gasteiger partial charge on any atom is -0.338 e. The Morgan fingerprint density at radius 3 is 2.58 bits per heavy atom. The Bertz CT molecular complexity index is 1380. The zero-order valence-corrected chi connectivity index (χ0v) is 22.0. The fourth-order valence-electron chi connectivity index (χ4n) is 5.25. The molecule has 1 aromatic carbocycles. The molecule has 1 amide bonds. The molecule has 2 atom stereocenters. The first kappa shape index (κ1) is 24.2. The number of rotatable bonds is 7. The molecule has 1 fully saturated rings. The number of aryl methyl sites for hydroxylation is 1. The average molecular weight is 486 g/mol. The van der Waals surface area contributed by atoms with Crippen LogP contribution in [0.2, 0.25) is 0 Å².